The van der Waals surface area contributed by atoms with E-state index in [0.717, 1.165) is 70.6 Å². The number of hydrogen-bond acceptors (Lipinski definition) is 3. The van der Waals surface area contributed by atoms with Gasteiger partial charge in [-0.05, 0) is 162 Å². The predicted octanol–water partition coefficient (Wildman–Crippen LogP) is 16.2. The summed E-state index contributed by atoms with van der Waals surface area (Å²) in [6.07, 6.45) is 61.9. The highest BCUT2D eigenvalue weighted by molar-refractivity contribution is 5.70. The zero-order chi connectivity index (χ0) is 46.8. The van der Waals surface area contributed by atoms with Crippen LogP contribution in [0.3, 0.4) is 0 Å². The molecule has 0 saturated carbocycles. The van der Waals surface area contributed by atoms with Crippen LogP contribution in [-0.4, -0.2) is 34.0 Å². The summed E-state index contributed by atoms with van der Waals surface area (Å²) in [5, 5.41) is 0. The molecule has 3 aromatic carbocycles. The third-order valence-electron chi connectivity index (χ3n) is 16.2. The van der Waals surface area contributed by atoms with Crippen LogP contribution in [0.1, 0.15) is 83.1 Å². The number of anilines is 1. The van der Waals surface area contributed by atoms with Gasteiger partial charge in [-0.15, -0.1) is 0 Å². The Morgan fingerprint density at radius 1 is 0.486 bits per heavy atom. The Morgan fingerprint density at radius 3 is 1.80 bits per heavy atom. The SMILES string of the molecule is CC1CC=CC=C1C1=CC=C(N(c2ccc(-c3ccccc3)cc2)C2C=CC(C3=CCC(N(C4=CC=C(c5ccccc5)CC4)C4=CC=C5C6=C(C=CCC6)N(C6C=CC=CC6)C5C4)C=C3)=CC2)CC1. The molecule has 0 bridgehead atoms. The summed E-state index contributed by atoms with van der Waals surface area (Å²) in [6.45, 7) is 2.37. The number of fused-ring (bicyclic) bond motifs is 2. The van der Waals surface area contributed by atoms with E-state index in [0.29, 0.717) is 18.0 Å². The molecular formula is C67H65N3. The van der Waals surface area contributed by atoms with E-state index in [1.54, 1.807) is 11.1 Å². The molecule has 0 fully saturated rings. The third kappa shape index (κ3) is 8.76. The molecule has 5 unspecified atom stereocenters. The van der Waals surface area contributed by atoms with E-state index in [4.69, 9.17) is 0 Å². The Balaban J connectivity index is 0.812. The summed E-state index contributed by atoms with van der Waals surface area (Å²) in [7, 11) is 0. The first-order chi connectivity index (χ1) is 34.6. The van der Waals surface area contributed by atoms with Crippen molar-refractivity contribution < 1.29 is 0 Å². The normalized spacial score (nSPS) is 25.6. The van der Waals surface area contributed by atoms with Crippen molar-refractivity contribution >= 4 is 11.3 Å². The van der Waals surface area contributed by atoms with Gasteiger partial charge in [0.1, 0.15) is 0 Å². The van der Waals surface area contributed by atoms with Gasteiger partial charge < -0.3 is 14.7 Å². The fraction of sp³-hybridized carbons (Fsp3) is 0.254. The highest BCUT2D eigenvalue weighted by Gasteiger charge is 2.41. The quantitative estimate of drug-likeness (QED) is 0.190. The van der Waals surface area contributed by atoms with E-state index in [-0.39, 0.29) is 12.1 Å². The number of hydrogen-bond donors (Lipinski definition) is 0. The van der Waals surface area contributed by atoms with Gasteiger partial charge in [0.15, 0.2) is 0 Å². The van der Waals surface area contributed by atoms with Crippen molar-refractivity contribution in [2.24, 2.45) is 5.92 Å². The lowest BCUT2D eigenvalue weighted by molar-refractivity contribution is 0.238. The second-order valence-electron chi connectivity index (χ2n) is 20.4. The maximum absolute atomic E-state index is 2.77. The summed E-state index contributed by atoms with van der Waals surface area (Å²) < 4.78 is 0. The average molecular weight is 912 g/mol. The first-order valence-corrected chi connectivity index (χ1v) is 26.3. The molecule has 12 rings (SSSR count). The molecule has 9 aliphatic rings. The maximum atomic E-state index is 2.77. The monoisotopic (exact) mass is 912 g/mol. The molecular weight excluding hydrogens is 847 g/mol. The van der Waals surface area contributed by atoms with Crippen LogP contribution >= 0.6 is 0 Å². The largest absolute Gasteiger partial charge is 0.357 e. The highest BCUT2D eigenvalue weighted by atomic mass is 15.2. The Kier molecular flexibility index (Phi) is 12.4. The molecule has 0 saturated heterocycles. The molecule has 1 aliphatic heterocycles. The standard InChI is InChI=1S/C67H65N3/c1-48-15-11-12-22-63(48)55-33-43-59(44-34-55)68(57-35-25-51(26-36-57)49-16-5-2-6-17-49)58-37-29-53(30-38-58)54-31-41-61(42-32-54)69(60-39-27-52(28-40-60)50-18-7-3-8-19-50)62-45-46-65-64-23-13-14-24-66(64)70(67(65)47-62)56-20-9-4-10-21-56/h2-12,14,16-20,22,24-27,29-33,35-37,39,41,43,45-46,48,56,58,61,67H,13,15,21,23,28,34,38,40,42,44,47H2,1H3. The summed E-state index contributed by atoms with van der Waals surface area (Å²) in [4.78, 5) is 8.12. The lowest BCUT2D eigenvalue weighted by Gasteiger charge is -2.42. The first kappa shape index (κ1) is 44.1. The van der Waals surface area contributed by atoms with Crippen molar-refractivity contribution in [3.8, 4) is 11.1 Å². The highest BCUT2D eigenvalue weighted by Crippen LogP contribution is 2.47. The fourth-order valence-corrected chi connectivity index (χ4v) is 12.6. The van der Waals surface area contributed by atoms with Crippen LogP contribution in [0.5, 0.6) is 0 Å². The number of benzene rings is 3. The van der Waals surface area contributed by atoms with Crippen molar-refractivity contribution in [3.63, 3.8) is 0 Å². The Morgan fingerprint density at radius 2 is 1.14 bits per heavy atom. The van der Waals surface area contributed by atoms with Crippen LogP contribution in [-0.2, 0) is 0 Å². The van der Waals surface area contributed by atoms with Crippen molar-refractivity contribution in [1.29, 1.82) is 0 Å². The molecule has 0 spiro atoms. The summed E-state index contributed by atoms with van der Waals surface area (Å²) in [5.41, 5.74) is 21.0. The van der Waals surface area contributed by atoms with Crippen LogP contribution in [0.4, 0.5) is 5.69 Å². The minimum Gasteiger partial charge on any atom is -0.357 e. The van der Waals surface area contributed by atoms with E-state index in [1.165, 1.54) is 73.0 Å². The Hall–Kier alpha value is -7.10. The van der Waals surface area contributed by atoms with Gasteiger partial charge in [0.05, 0.1) is 24.2 Å². The Labute approximate surface area is 417 Å². The summed E-state index contributed by atoms with van der Waals surface area (Å²) in [5.74, 6) is 0.573. The molecule has 3 heteroatoms. The third-order valence-corrected chi connectivity index (χ3v) is 16.2. The number of allylic oxidation sites excluding steroid dienone is 22. The summed E-state index contributed by atoms with van der Waals surface area (Å²) >= 11 is 0. The minimum absolute atomic E-state index is 0.230. The topological polar surface area (TPSA) is 9.72 Å². The van der Waals surface area contributed by atoms with E-state index in [9.17, 15) is 0 Å². The smallest absolute Gasteiger partial charge is 0.0606 e. The predicted molar refractivity (Wildman–Crippen MR) is 294 cm³/mol. The van der Waals surface area contributed by atoms with Crippen LogP contribution in [0.15, 0.2) is 269 Å². The van der Waals surface area contributed by atoms with E-state index in [2.05, 4.69) is 234 Å². The van der Waals surface area contributed by atoms with Crippen molar-refractivity contribution in [2.75, 3.05) is 4.90 Å². The van der Waals surface area contributed by atoms with E-state index >= 15 is 0 Å². The molecule has 348 valence electrons. The average Bonchev–Trinajstić information content (AvgIpc) is 3.77. The molecule has 0 N–H and O–H groups in total. The lowest BCUT2D eigenvalue weighted by atomic mass is 9.83. The maximum Gasteiger partial charge on any atom is 0.0606 e. The minimum atomic E-state index is 0.230. The molecule has 0 radical (unpaired) electrons. The molecule has 8 aliphatic carbocycles. The molecule has 70 heavy (non-hydrogen) atoms. The van der Waals surface area contributed by atoms with Crippen molar-refractivity contribution in [2.45, 2.75) is 102 Å². The second-order valence-corrected chi connectivity index (χ2v) is 20.4. The fourth-order valence-electron chi connectivity index (χ4n) is 12.6. The number of nitrogens with zero attached hydrogens (tertiary/aromatic N) is 3. The second kappa shape index (κ2) is 19.7. The van der Waals surface area contributed by atoms with Crippen LogP contribution in [0.2, 0.25) is 0 Å². The van der Waals surface area contributed by atoms with Crippen LogP contribution < -0.4 is 4.90 Å². The van der Waals surface area contributed by atoms with Gasteiger partial charge in [-0.2, -0.15) is 0 Å². The Bertz CT molecular complexity index is 3030. The van der Waals surface area contributed by atoms with Gasteiger partial charge in [0.2, 0.25) is 0 Å². The molecule has 3 aromatic rings. The zero-order valence-corrected chi connectivity index (χ0v) is 40.7. The molecule has 1 heterocycles. The van der Waals surface area contributed by atoms with E-state index in [1.807, 2.05) is 0 Å². The van der Waals surface area contributed by atoms with Gasteiger partial charge in [-0.1, -0.05) is 183 Å². The van der Waals surface area contributed by atoms with Gasteiger partial charge in [-0.25, -0.2) is 0 Å². The van der Waals surface area contributed by atoms with Crippen molar-refractivity contribution in [3.05, 3.63) is 274 Å². The molecule has 0 amide bonds. The first-order valence-electron chi connectivity index (χ1n) is 26.3. The van der Waals surface area contributed by atoms with E-state index < -0.39 is 0 Å². The van der Waals surface area contributed by atoms with Gasteiger partial charge >= 0.3 is 0 Å². The summed E-state index contributed by atoms with van der Waals surface area (Å²) in [6, 6.07) is 32.2. The van der Waals surface area contributed by atoms with Crippen molar-refractivity contribution in [1.82, 2.24) is 9.80 Å². The van der Waals surface area contributed by atoms with Gasteiger partial charge in [0, 0.05) is 34.9 Å². The zero-order valence-electron chi connectivity index (χ0n) is 40.7. The van der Waals surface area contributed by atoms with Gasteiger partial charge in [-0.3, -0.25) is 0 Å². The molecule has 0 aromatic heterocycles. The van der Waals surface area contributed by atoms with Crippen LogP contribution in [0, 0.1) is 5.92 Å². The number of rotatable bonds is 11. The lowest BCUT2D eigenvalue weighted by Crippen LogP contribution is -2.42. The van der Waals surface area contributed by atoms with Gasteiger partial charge in [0.25, 0.3) is 0 Å². The molecule has 3 nitrogen and oxygen atoms in total. The molecule has 5 atom stereocenters. The van der Waals surface area contributed by atoms with Crippen LogP contribution in [0.25, 0.3) is 16.7 Å².